The summed E-state index contributed by atoms with van der Waals surface area (Å²) >= 11 is 3.29. The van der Waals surface area contributed by atoms with E-state index in [1.54, 1.807) is 47.9 Å². The molecule has 0 spiro atoms. The van der Waals surface area contributed by atoms with Crippen molar-refractivity contribution in [2.45, 2.75) is 19.1 Å². The predicted octanol–water partition coefficient (Wildman–Crippen LogP) is 1.38. The standard InChI is InChI=1S/C15H15BrN4O3S/c16-13-7-18-19(9-13)10-15(21)20(8-12-1-4-17-5-2-12)14-3-6-24(22,23)11-14/h1-7,9,14H,8,10-11H2. The number of carbonyl (C=O) groups excluding carboxylic acids is 1. The Hall–Kier alpha value is -2.00. The van der Waals surface area contributed by atoms with E-state index < -0.39 is 15.9 Å². The number of pyridine rings is 1. The van der Waals surface area contributed by atoms with Gasteiger partial charge >= 0.3 is 0 Å². The van der Waals surface area contributed by atoms with Crippen LogP contribution < -0.4 is 0 Å². The van der Waals surface area contributed by atoms with E-state index in [0.717, 1.165) is 10.0 Å². The number of hydrogen-bond donors (Lipinski definition) is 0. The molecule has 126 valence electrons. The first kappa shape index (κ1) is 16.8. The second-order valence-corrected chi connectivity index (χ2v) is 8.31. The van der Waals surface area contributed by atoms with Crippen LogP contribution in [-0.2, 0) is 27.7 Å². The number of rotatable bonds is 5. The molecule has 3 rings (SSSR count). The first-order chi connectivity index (χ1) is 11.4. The summed E-state index contributed by atoms with van der Waals surface area (Å²) < 4.78 is 25.7. The fourth-order valence-electron chi connectivity index (χ4n) is 2.48. The van der Waals surface area contributed by atoms with Crippen molar-refractivity contribution in [3.8, 4) is 0 Å². The topological polar surface area (TPSA) is 85.2 Å². The van der Waals surface area contributed by atoms with Gasteiger partial charge in [-0.2, -0.15) is 5.10 Å². The zero-order valence-electron chi connectivity index (χ0n) is 12.6. The Morgan fingerprint density at radius 3 is 2.71 bits per heavy atom. The van der Waals surface area contributed by atoms with Crippen LogP contribution in [-0.4, -0.2) is 45.8 Å². The molecule has 0 radical (unpaired) electrons. The van der Waals surface area contributed by atoms with Crippen LogP contribution in [0.1, 0.15) is 5.56 Å². The second kappa shape index (κ2) is 6.86. The Labute approximate surface area is 148 Å². The highest BCUT2D eigenvalue weighted by atomic mass is 79.9. The average molecular weight is 411 g/mol. The molecule has 1 amide bonds. The molecule has 1 unspecified atom stereocenters. The van der Waals surface area contributed by atoms with Crippen molar-refractivity contribution in [3.05, 3.63) is 58.4 Å². The number of hydrogen-bond acceptors (Lipinski definition) is 5. The van der Waals surface area contributed by atoms with Crippen molar-refractivity contribution in [3.63, 3.8) is 0 Å². The van der Waals surface area contributed by atoms with Crippen LogP contribution in [0.15, 0.2) is 52.9 Å². The van der Waals surface area contributed by atoms with E-state index in [-0.39, 0.29) is 18.2 Å². The number of nitrogens with zero attached hydrogens (tertiary/aromatic N) is 4. The fraction of sp³-hybridized carbons (Fsp3) is 0.267. The van der Waals surface area contributed by atoms with Crippen molar-refractivity contribution < 1.29 is 13.2 Å². The van der Waals surface area contributed by atoms with Crippen LogP contribution in [0.2, 0.25) is 0 Å². The van der Waals surface area contributed by atoms with Gasteiger partial charge in [-0.05, 0) is 39.7 Å². The van der Waals surface area contributed by atoms with E-state index in [1.165, 1.54) is 10.1 Å². The van der Waals surface area contributed by atoms with E-state index in [0.29, 0.717) is 6.54 Å². The molecule has 24 heavy (non-hydrogen) atoms. The molecule has 2 aromatic rings. The minimum absolute atomic E-state index is 0.0427. The first-order valence-corrected chi connectivity index (χ1v) is 9.71. The van der Waals surface area contributed by atoms with Crippen molar-refractivity contribution in [2.24, 2.45) is 0 Å². The van der Waals surface area contributed by atoms with Gasteiger partial charge in [0.2, 0.25) is 5.91 Å². The van der Waals surface area contributed by atoms with Crippen molar-refractivity contribution in [2.75, 3.05) is 5.75 Å². The molecule has 0 aromatic carbocycles. The lowest BCUT2D eigenvalue weighted by atomic mass is 10.2. The van der Waals surface area contributed by atoms with Gasteiger partial charge in [-0.15, -0.1) is 0 Å². The Morgan fingerprint density at radius 1 is 1.38 bits per heavy atom. The molecule has 0 aliphatic carbocycles. The van der Waals surface area contributed by atoms with E-state index in [9.17, 15) is 13.2 Å². The minimum Gasteiger partial charge on any atom is -0.329 e. The van der Waals surface area contributed by atoms with E-state index in [4.69, 9.17) is 0 Å². The maximum Gasteiger partial charge on any atom is 0.245 e. The maximum absolute atomic E-state index is 12.7. The lowest BCUT2D eigenvalue weighted by molar-refractivity contribution is -0.133. The molecular weight excluding hydrogens is 396 g/mol. The lowest BCUT2D eigenvalue weighted by Crippen LogP contribution is -2.42. The molecule has 0 bridgehead atoms. The Bertz CT molecular complexity index is 864. The third-order valence-electron chi connectivity index (χ3n) is 3.63. The SMILES string of the molecule is O=C(Cn1cc(Br)cn1)N(Cc1ccncc1)C1C=CS(=O)(=O)C1. The highest BCUT2D eigenvalue weighted by Gasteiger charge is 2.30. The predicted molar refractivity (Wildman–Crippen MR) is 91.4 cm³/mol. The number of carbonyl (C=O) groups is 1. The molecule has 7 nitrogen and oxygen atoms in total. The van der Waals surface area contributed by atoms with Gasteiger partial charge in [0.05, 0.1) is 22.5 Å². The van der Waals surface area contributed by atoms with Gasteiger partial charge in [0.25, 0.3) is 0 Å². The lowest BCUT2D eigenvalue weighted by Gasteiger charge is -2.27. The first-order valence-electron chi connectivity index (χ1n) is 7.20. The molecule has 9 heteroatoms. The van der Waals surface area contributed by atoms with Gasteiger partial charge in [-0.1, -0.05) is 0 Å². The largest absolute Gasteiger partial charge is 0.329 e. The van der Waals surface area contributed by atoms with E-state index in [2.05, 4.69) is 26.0 Å². The molecule has 1 aliphatic rings. The summed E-state index contributed by atoms with van der Waals surface area (Å²) in [4.78, 5) is 18.2. The summed E-state index contributed by atoms with van der Waals surface area (Å²) in [5.74, 6) is -0.290. The van der Waals surface area contributed by atoms with Crippen molar-refractivity contribution in [1.82, 2.24) is 19.7 Å². The molecule has 0 fully saturated rings. The number of halogens is 1. The van der Waals surface area contributed by atoms with Gasteiger partial charge < -0.3 is 4.90 Å². The summed E-state index contributed by atoms with van der Waals surface area (Å²) in [5, 5.41) is 5.25. The molecule has 0 saturated carbocycles. The number of sulfone groups is 1. The van der Waals surface area contributed by atoms with Crippen LogP contribution in [0.25, 0.3) is 0 Å². The molecule has 3 heterocycles. The monoisotopic (exact) mass is 410 g/mol. The molecule has 0 N–H and O–H groups in total. The summed E-state index contributed by atoms with van der Waals surface area (Å²) in [7, 11) is -3.25. The van der Waals surface area contributed by atoms with Gasteiger partial charge in [0.15, 0.2) is 9.84 Å². The Kier molecular flexibility index (Phi) is 4.81. The van der Waals surface area contributed by atoms with Gasteiger partial charge in [0.1, 0.15) is 6.54 Å². The van der Waals surface area contributed by atoms with Crippen molar-refractivity contribution >= 4 is 31.7 Å². The maximum atomic E-state index is 12.7. The summed E-state index contributed by atoms with van der Waals surface area (Å²) in [6.07, 6.45) is 8.14. The van der Waals surface area contributed by atoms with Crippen molar-refractivity contribution in [1.29, 1.82) is 0 Å². The fourth-order valence-corrected chi connectivity index (χ4v) is 4.11. The van der Waals surface area contributed by atoms with Gasteiger partial charge in [-0.3, -0.25) is 14.5 Å². The minimum atomic E-state index is -3.25. The number of aromatic nitrogens is 3. The molecule has 0 saturated heterocycles. The van der Waals surface area contributed by atoms with E-state index >= 15 is 0 Å². The summed E-state index contributed by atoms with van der Waals surface area (Å²) in [6.45, 7) is 0.357. The van der Waals surface area contributed by atoms with Crippen LogP contribution in [0.3, 0.4) is 0 Å². The van der Waals surface area contributed by atoms with Crippen LogP contribution in [0.4, 0.5) is 0 Å². The van der Waals surface area contributed by atoms with Crippen LogP contribution in [0, 0.1) is 0 Å². The highest BCUT2D eigenvalue weighted by Crippen LogP contribution is 2.18. The summed E-state index contributed by atoms with van der Waals surface area (Å²) in [6, 6.07) is 3.13. The third-order valence-corrected chi connectivity index (χ3v) is 5.42. The van der Waals surface area contributed by atoms with E-state index in [1.807, 2.05) is 0 Å². The smallest absolute Gasteiger partial charge is 0.245 e. The highest BCUT2D eigenvalue weighted by molar-refractivity contribution is 9.10. The average Bonchev–Trinajstić information content (AvgIpc) is 3.11. The third kappa shape index (κ3) is 4.09. The van der Waals surface area contributed by atoms with Gasteiger partial charge in [0, 0.05) is 30.5 Å². The Balaban J connectivity index is 1.81. The second-order valence-electron chi connectivity index (χ2n) is 5.46. The van der Waals surface area contributed by atoms with Crippen LogP contribution >= 0.6 is 15.9 Å². The molecule has 1 atom stereocenters. The van der Waals surface area contributed by atoms with Crippen LogP contribution in [0.5, 0.6) is 0 Å². The molecule has 2 aromatic heterocycles. The Morgan fingerprint density at radius 2 is 2.12 bits per heavy atom. The normalized spacial score (nSPS) is 18.6. The van der Waals surface area contributed by atoms with Gasteiger partial charge in [-0.25, -0.2) is 8.42 Å². The zero-order chi connectivity index (χ0) is 17.2. The molecular formula is C15H15BrN4O3S. The number of amides is 1. The quantitative estimate of drug-likeness (QED) is 0.742. The molecule has 1 aliphatic heterocycles. The summed E-state index contributed by atoms with van der Waals surface area (Å²) in [5.41, 5.74) is 0.887. The zero-order valence-corrected chi connectivity index (χ0v) is 15.0.